The molecule has 0 N–H and O–H groups in total. The van der Waals surface area contributed by atoms with E-state index in [4.69, 9.17) is 0 Å². The Kier molecular flexibility index (Phi) is 6.04. The molecular formula is C11H20O2Ru. The topological polar surface area (TPSA) is 34.1 Å². The van der Waals surface area contributed by atoms with Crippen LogP contribution in [0, 0.1) is 10.8 Å². The number of hydrogen-bond donors (Lipinski definition) is 0. The van der Waals surface area contributed by atoms with E-state index in [1.165, 1.54) is 0 Å². The Morgan fingerprint density at radius 2 is 1.00 bits per heavy atom. The summed E-state index contributed by atoms with van der Waals surface area (Å²) in [7, 11) is 0. The minimum absolute atomic E-state index is 0. The molecular weight excluding hydrogens is 265 g/mol. The second-order valence-corrected chi connectivity index (χ2v) is 5.52. The van der Waals surface area contributed by atoms with Gasteiger partial charge in [0.25, 0.3) is 0 Å². The summed E-state index contributed by atoms with van der Waals surface area (Å²) in [5.41, 5.74) is -0.804. The summed E-state index contributed by atoms with van der Waals surface area (Å²) < 4.78 is 0. The molecule has 0 radical (unpaired) electrons. The van der Waals surface area contributed by atoms with Crippen molar-refractivity contribution in [2.24, 2.45) is 10.8 Å². The van der Waals surface area contributed by atoms with E-state index in [1.807, 2.05) is 41.5 Å². The molecule has 0 aromatic rings. The predicted octanol–water partition coefficient (Wildman–Crippen LogP) is 2.60. The Labute approximate surface area is 99.6 Å². The van der Waals surface area contributed by atoms with Crippen LogP contribution in [0.3, 0.4) is 0 Å². The Hall–Kier alpha value is -0.0366. The van der Waals surface area contributed by atoms with Crippen LogP contribution < -0.4 is 0 Å². The number of Topliss-reactive ketones (excluding diaryl/α,β-unsaturated/α-hetero) is 2. The van der Waals surface area contributed by atoms with Gasteiger partial charge in [0, 0.05) is 30.3 Å². The summed E-state index contributed by atoms with van der Waals surface area (Å²) >= 11 is 0. The van der Waals surface area contributed by atoms with Gasteiger partial charge in [-0.1, -0.05) is 41.5 Å². The predicted molar refractivity (Wildman–Crippen MR) is 53.5 cm³/mol. The molecule has 0 spiro atoms. The zero-order valence-corrected chi connectivity index (χ0v) is 11.6. The van der Waals surface area contributed by atoms with Gasteiger partial charge in [-0.15, -0.1) is 0 Å². The molecule has 0 atom stereocenters. The van der Waals surface area contributed by atoms with Gasteiger partial charge >= 0.3 is 0 Å². The van der Waals surface area contributed by atoms with E-state index >= 15 is 0 Å². The molecule has 14 heavy (non-hydrogen) atoms. The van der Waals surface area contributed by atoms with Crippen molar-refractivity contribution in [3.8, 4) is 0 Å². The van der Waals surface area contributed by atoms with E-state index < -0.39 is 10.8 Å². The summed E-state index contributed by atoms with van der Waals surface area (Å²) in [6.45, 7) is 11.0. The molecule has 3 heteroatoms. The first-order chi connectivity index (χ1) is 5.55. The average Bonchev–Trinajstić information content (AvgIpc) is 1.82. The molecule has 0 saturated carbocycles. The van der Waals surface area contributed by atoms with Gasteiger partial charge < -0.3 is 0 Å². The summed E-state index contributed by atoms with van der Waals surface area (Å²) in [6, 6.07) is 0. The number of carbonyl (C=O) groups is 2. The molecule has 0 rings (SSSR count). The molecule has 0 heterocycles. The summed E-state index contributed by atoms with van der Waals surface area (Å²) in [6.07, 6.45) is 0.0625. The van der Waals surface area contributed by atoms with Crippen molar-refractivity contribution < 1.29 is 29.1 Å². The van der Waals surface area contributed by atoms with Crippen LogP contribution in [-0.4, -0.2) is 11.6 Å². The molecule has 0 bridgehead atoms. The van der Waals surface area contributed by atoms with Gasteiger partial charge in [0.15, 0.2) is 0 Å². The van der Waals surface area contributed by atoms with E-state index in [9.17, 15) is 9.59 Å². The van der Waals surface area contributed by atoms with Crippen LogP contribution in [-0.2, 0) is 29.1 Å². The monoisotopic (exact) mass is 286 g/mol. The molecule has 0 aliphatic rings. The first-order valence-electron chi connectivity index (χ1n) is 4.62. The normalized spacial score (nSPS) is 11.9. The van der Waals surface area contributed by atoms with Crippen LogP contribution in [0.2, 0.25) is 0 Å². The van der Waals surface area contributed by atoms with Crippen LogP contribution in [0.5, 0.6) is 0 Å². The quantitative estimate of drug-likeness (QED) is 0.577. The van der Waals surface area contributed by atoms with Gasteiger partial charge in [-0.05, 0) is 0 Å². The van der Waals surface area contributed by atoms with E-state index in [1.54, 1.807) is 0 Å². The van der Waals surface area contributed by atoms with E-state index in [-0.39, 0.29) is 37.5 Å². The van der Waals surface area contributed by atoms with Crippen molar-refractivity contribution in [1.82, 2.24) is 0 Å². The third kappa shape index (κ3) is 5.64. The molecule has 84 valence electrons. The molecule has 0 saturated heterocycles. The van der Waals surface area contributed by atoms with Crippen molar-refractivity contribution in [3.05, 3.63) is 0 Å². The average molecular weight is 285 g/mol. The van der Waals surface area contributed by atoms with E-state index in [2.05, 4.69) is 0 Å². The van der Waals surface area contributed by atoms with Gasteiger partial charge in [-0.25, -0.2) is 0 Å². The van der Waals surface area contributed by atoms with Crippen molar-refractivity contribution in [2.45, 2.75) is 48.0 Å². The van der Waals surface area contributed by atoms with Crippen LogP contribution in [0.1, 0.15) is 48.0 Å². The standard InChI is InChI=1S/C11H20O2.Ru/c1-10(2,3)8(12)7-9(13)11(4,5)6;/h7H2,1-6H3;. The Balaban J connectivity index is 0. The minimum atomic E-state index is -0.402. The van der Waals surface area contributed by atoms with Gasteiger partial charge in [0.1, 0.15) is 11.6 Å². The third-order valence-corrected chi connectivity index (χ3v) is 1.99. The van der Waals surface area contributed by atoms with Crippen molar-refractivity contribution in [3.63, 3.8) is 0 Å². The van der Waals surface area contributed by atoms with E-state index in [0.29, 0.717) is 0 Å². The molecule has 0 amide bonds. The maximum Gasteiger partial charge on any atom is 0.145 e. The number of rotatable bonds is 2. The van der Waals surface area contributed by atoms with Crippen LogP contribution in [0.4, 0.5) is 0 Å². The van der Waals surface area contributed by atoms with Crippen LogP contribution in [0.15, 0.2) is 0 Å². The third-order valence-electron chi connectivity index (χ3n) is 1.99. The first-order valence-corrected chi connectivity index (χ1v) is 4.62. The second kappa shape index (κ2) is 5.16. The zero-order chi connectivity index (χ0) is 10.9. The fourth-order valence-electron chi connectivity index (χ4n) is 0.676. The summed E-state index contributed by atoms with van der Waals surface area (Å²) in [5, 5.41) is 0. The smallest absolute Gasteiger partial charge is 0.145 e. The Morgan fingerprint density at radius 3 is 1.14 bits per heavy atom. The molecule has 0 unspecified atom stereocenters. The first kappa shape index (κ1) is 16.4. The largest absolute Gasteiger partial charge is 0.299 e. The summed E-state index contributed by atoms with van der Waals surface area (Å²) in [4.78, 5) is 23.0. The molecule has 2 nitrogen and oxygen atoms in total. The molecule has 0 aliphatic heterocycles. The van der Waals surface area contributed by atoms with Gasteiger partial charge in [0.2, 0.25) is 0 Å². The molecule has 0 aromatic heterocycles. The maximum atomic E-state index is 11.5. The molecule has 0 fully saturated rings. The number of carbonyl (C=O) groups excluding carboxylic acids is 2. The van der Waals surface area contributed by atoms with E-state index in [0.717, 1.165) is 0 Å². The van der Waals surface area contributed by atoms with Crippen molar-refractivity contribution in [2.75, 3.05) is 0 Å². The van der Waals surface area contributed by atoms with Crippen LogP contribution >= 0.6 is 0 Å². The Morgan fingerprint density at radius 1 is 0.786 bits per heavy atom. The SMILES string of the molecule is CC(C)(C)C(=O)CC(=O)C(C)(C)C.[Ru]. The van der Waals surface area contributed by atoms with Gasteiger partial charge in [0.05, 0.1) is 6.42 Å². The van der Waals surface area contributed by atoms with Crippen molar-refractivity contribution in [1.29, 1.82) is 0 Å². The molecule has 0 aromatic carbocycles. The number of ketones is 2. The maximum absolute atomic E-state index is 11.5. The van der Waals surface area contributed by atoms with Gasteiger partial charge in [-0.3, -0.25) is 9.59 Å². The molecule has 0 aliphatic carbocycles. The number of hydrogen-bond acceptors (Lipinski definition) is 2. The fourth-order valence-corrected chi connectivity index (χ4v) is 0.676. The van der Waals surface area contributed by atoms with Gasteiger partial charge in [-0.2, -0.15) is 0 Å². The Bertz CT molecular complexity index is 194. The minimum Gasteiger partial charge on any atom is -0.299 e. The summed E-state index contributed by atoms with van der Waals surface area (Å²) in [5.74, 6) is 0.0415. The van der Waals surface area contributed by atoms with Crippen molar-refractivity contribution >= 4 is 11.6 Å². The fraction of sp³-hybridized carbons (Fsp3) is 0.818. The zero-order valence-electron chi connectivity index (χ0n) is 9.88. The van der Waals surface area contributed by atoms with Crippen LogP contribution in [0.25, 0.3) is 0 Å². The second-order valence-electron chi connectivity index (χ2n) is 5.52.